The lowest BCUT2D eigenvalue weighted by Crippen LogP contribution is -1.97. The molecule has 138 valence electrons. The molecule has 0 spiro atoms. The molecule has 0 aromatic heterocycles. The minimum absolute atomic E-state index is 0.616. The van der Waals surface area contributed by atoms with Crippen molar-refractivity contribution in [3.63, 3.8) is 0 Å². The summed E-state index contributed by atoms with van der Waals surface area (Å²) in [6, 6.07) is 29.8. The summed E-state index contributed by atoms with van der Waals surface area (Å²) in [7, 11) is 0. The van der Waals surface area contributed by atoms with Crippen LogP contribution in [0.25, 0.3) is 10.8 Å². The van der Waals surface area contributed by atoms with E-state index in [-0.39, 0.29) is 0 Å². The Hall–Kier alpha value is -3.59. The lowest BCUT2D eigenvalue weighted by Gasteiger charge is -2.10. The minimum Gasteiger partial charge on any atom is -0.493 e. The number of benzene rings is 4. The highest BCUT2D eigenvalue weighted by Gasteiger charge is 2.06. The van der Waals surface area contributed by atoms with Gasteiger partial charge in [-0.25, -0.2) is 0 Å². The maximum Gasteiger partial charge on any atom is 0.128 e. The van der Waals surface area contributed by atoms with Crippen LogP contribution in [0.15, 0.2) is 96.0 Å². The standard InChI is InChI=1S/C25H21NO2/c1-2-27-25-17-12-19-8-6-7-11-23(19)24(25)18-26-20-13-15-22(16-14-20)28-21-9-4-3-5-10-21/h3-18H,2H2,1H3. The summed E-state index contributed by atoms with van der Waals surface area (Å²) < 4.78 is 11.6. The maximum absolute atomic E-state index is 5.83. The Bertz CT molecular complexity index is 1090. The second-order valence-corrected chi connectivity index (χ2v) is 6.30. The Kier molecular flexibility index (Phi) is 5.34. The highest BCUT2D eigenvalue weighted by Crippen LogP contribution is 2.28. The summed E-state index contributed by atoms with van der Waals surface area (Å²) in [6.07, 6.45) is 1.88. The molecule has 0 saturated carbocycles. The molecule has 0 fully saturated rings. The number of fused-ring (bicyclic) bond motifs is 1. The number of rotatable bonds is 6. The van der Waals surface area contributed by atoms with Crippen molar-refractivity contribution < 1.29 is 9.47 Å². The van der Waals surface area contributed by atoms with Crippen molar-refractivity contribution in [2.45, 2.75) is 6.92 Å². The molecule has 0 amide bonds. The first-order valence-corrected chi connectivity index (χ1v) is 9.35. The molecule has 3 heteroatoms. The van der Waals surface area contributed by atoms with Crippen LogP contribution >= 0.6 is 0 Å². The van der Waals surface area contributed by atoms with E-state index in [0.717, 1.165) is 33.9 Å². The van der Waals surface area contributed by atoms with E-state index in [1.165, 1.54) is 5.39 Å². The monoisotopic (exact) mass is 367 g/mol. The molecule has 0 unspecified atom stereocenters. The number of hydrogen-bond donors (Lipinski definition) is 0. The van der Waals surface area contributed by atoms with Crippen molar-refractivity contribution in [2.75, 3.05) is 6.61 Å². The maximum atomic E-state index is 5.83. The number of nitrogens with zero attached hydrogens (tertiary/aromatic N) is 1. The average molecular weight is 367 g/mol. The van der Waals surface area contributed by atoms with Gasteiger partial charge in [0.2, 0.25) is 0 Å². The zero-order valence-corrected chi connectivity index (χ0v) is 15.7. The van der Waals surface area contributed by atoms with Crippen molar-refractivity contribution >= 4 is 22.7 Å². The highest BCUT2D eigenvalue weighted by molar-refractivity contribution is 6.03. The third kappa shape index (κ3) is 4.04. The largest absolute Gasteiger partial charge is 0.493 e. The first-order valence-electron chi connectivity index (χ1n) is 9.35. The Morgan fingerprint density at radius 2 is 1.46 bits per heavy atom. The second-order valence-electron chi connectivity index (χ2n) is 6.30. The summed E-state index contributed by atoms with van der Waals surface area (Å²) in [5.74, 6) is 2.44. The molecule has 0 bridgehead atoms. The van der Waals surface area contributed by atoms with Crippen LogP contribution in [0.5, 0.6) is 17.2 Å². The molecule has 0 N–H and O–H groups in total. The van der Waals surface area contributed by atoms with Gasteiger partial charge in [-0.3, -0.25) is 4.99 Å². The van der Waals surface area contributed by atoms with Gasteiger partial charge in [0, 0.05) is 11.8 Å². The molecule has 28 heavy (non-hydrogen) atoms. The smallest absolute Gasteiger partial charge is 0.128 e. The fourth-order valence-electron chi connectivity index (χ4n) is 3.05. The lowest BCUT2D eigenvalue weighted by atomic mass is 10.0. The van der Waals surface area contributed by atoms with Crippen LogP contribution in [0.3, 0.4) is 0 Å². The number of hydrogen-bond acceptors (Lipinski definition) is 3. The van der Waals surface area contributed by atoms with Crippen molar-refractivity contribution in [3.8, 4) is 17.2 Å². The third-order valence-corrected chi connectivity index (χ3v) is 4.39. The third-order valence-electron chi connectivity index (χ3n) is 4.39. The fourth-order valence-corrected chi connectivity index (χ4v) is 3.05. The van der Waals surface area contributed by atoms with Gasteiger partial charge in [-0.15, -0.1) is 0 Å². The SMILES string of the molecule is CCOc1ccc2ccccc2c1C=Nc1ccc(Oc2ccccc2)cc1. The molecule has 0 aliphatic rings. The fraction of sp³-hybridized carbons (Fsp3) is 0.0800. The van der Waals surface area contributed by atoms with Gasteiger partial charge in [0.25, 0.3) is 0 Å². The van der Waals surface area contributed by atoms with E-state index in [4.69, 9.17) is 9.47 Å². The molecule has 3 nitrogen and oxygen atoms in total. The molecule has 4 aromatic carbocycles. The van der Waals surface area contributed by atoms with Gasteiger partial charge in [-0.1, -0.05) is 48.5 Å². The van der Waals surface area contributed by atoms with E-state index in [0.29, 0.717) is 6.61 Å². The number of aliphatic imine (C=N–C) groups is 1. The summed E-state index contributed by atoms with van der Waals surface area (Å²) in [4.78, 5) is 4.66. The van der Waals surface area contributed by atoms with Crippen molar-refractivity contribution in [2.24, 2.45) is 4.99 Å². The molecule has 0 radical (unpaired) electrons. The van der Waals surface area contributed by atoms with E-state index >= 15 is 0 Å². The van der Waals surface area contributed by atoms with Gasteiger partial charge in [0.15, 0.2) is 0 Å². The van der Waals surface area contributed by atoms with Crippen LogP contribution < -0.4 is 9.47 Å². The van der Waals surface area contributed by atoms with Gasteiger partial charge in [0.1, 0.15) is 17.2 Å². The van der Waals surface area contributed by atoms with Gasteiger partial charge in [0.05, 0.1) is 12.3 Å². The van der Waals surface area contributed by atoms with Crippen LogP contribution in [0.1, 0.15) is 12.5 Å². The lowest BCUT2D eigenvalue weighted by molar-refractivity contribution is 0.340. The van der Waals surface area contributed by atoms with Gasteiger partial charge in [-0.05, 0) is 60.2 Å². The molecule has 4 rings (SSSR count). The average Bonchev–Trinajstić information content (AvgIpc) is 2.75. The number of para-hydroxylation sites is 1. The van der Waals surface area contributed by atoms with E-state index < -0.39 is 0 Å². The van der Waals surface area contributed by atoms with Crippen LogP contribution in [0.4, 0.5) is 5.69 Å². The van der Waals surface area contributed by atoms with E-state index in [1.54, 1.807) is 0 Å². The predicted molar refractivity (Wildman–Crippen MR) is 115 cm³/mol. The van der Waals surface area contributed by atoms with E-state index in [2.05, 4.69) is 23.2 Å². The quantitative estimate of drug-likeness (QED) is 0.352. The summed E-state index contributed by atoms with van der Waals surface area (Å²) >= 11 is 0. The molecule has 0 heterocycles. The summed E-state index contributed by atoms with van der Waals surface area (Å²) in [5.41, 5.74) is 1.85. The van der Waals surface area contributed by atoms with E-state index in [1.807, 2.05) is 85.9 Å². The Balaban J connectivity index is 1.59. The molecular weight excluding hydrogens is 346 g/mol. The Morgan fingerprint density at radius 1 is 0.750 bits per heavy atom. The summed E-state index contributed by atoms with van der Waals surface area (Å²) in [6.45, 7) is 2.60. The molecular formula is C25H21NO2. The highest BCUT2D eigenvalue weighted by atomic mass is 16.5. The molecule has 0 aliphatic carbocycles. The zero-order valence-electron chi connectivity index (χ0n) is 15.7. The van der Waals surface area contributed by atoms with Crippen LogP contribution in [0.2, 0.25) is 0 Å². The van der Waals surface area contributed by atoms with Gasteiger partial charge < -0.3 is 9.47 Å². The summed E-state index contributed by atoms with van der Waals surface area (Å²) in [5, 5.41) is 2.29. The van der Waals surface area contributed by atoms with Gasteiger partial charge >= 0.3 is 0 Å². The van der Waals surface area contributed by atoms with Crippen LogP contribution in [-0.4, -0.2) is 12.8 Å². The molecule has 0 aliphatic heterocycles. The first-order chi connectivity index (χ1) is 13.8. The van der Waals surface area contributed by atoms with Crippen LogP contribution in [0, 0.1) is 0 Å². The van der Waals surface area contributed by atoms with Crippen molar-refractivity contribution in [1.82, 2.24) is 0 Å². The minimum atomic E-state index is 0.616. The van der Waals surface area contributed by atoms with Crippen molar-refractivity contribution in [3.05, 3.63) is 96.6 Å². The second kappa shape index (κ2) is 8.40. The van der Waals surface area contributed by atoms with E-state index in [9.17, 15) is 0 Å². The Labute approximate surface area is 164 Å². The molecule has 4 aromatic rings. The van der Waals surface area contributed by atoms with Crippen molar-refractivity contribution in [1.29, 1.82) is 0 Å². The zero-order chi connectivity index (χ0) is 19.2. The van der Waals surface area contributed by atoms with Crippen LogP contribution in [-0.2, 0) is 0 Å². The number of ether oxygens (including phenoxy) is 2. The molecule has 0 saturated heterocycles. The topological polar surface area (TPSA) is 30.8 Å². The normalized spacial score (nSPS) is 11.0. The predicted octanol–water partition coefficient (Wildman–Crippen LogP) is 6.78. The van der Waals surface area contributed by atoms with Gasteiger partial charge in [-0.2, -0.15) is 0 Å². The molecule has 0 atom stereocenters. The Morgan fingerprint density at radius 3 is 2.25 bits per heavy atom. The first kappa shape index (κ1) is 17.8.